The van der Waals surface area contributed by atoms with Gasteiger partial charge in [-0.25, -0.2) is 19.2 Å². The van der Waals surface area contributed by atoms with Gasteiger partial charge in [0, 0.05) is 24.5 Å². The normalized spacial score (nSPS) is 16.8. The number of benzene rings is 1. The molecule has 1 saturated heterocycles. The first-order valence-corrected chi connectivity index (χ1v) is 13.3. The first-order valence-electron chi connectivity index (χ1n) is 13.0. The van der Waals surface area contributed by atoms with Gasteiger partial charge in [0.2, 0.25) is 0 Å². The highest BCUT2D eigenvalue weighted by Crippen LogP contribution is 2.33. The van der Waals surface area contributed by atoms with Crippen LogP contribution in [0.2, 0.25) is 5.02 Å². The summed E-state index contributed by atoms with van der Waals surface area (Å²) >= 11 is 6.56. The Kier molecular flexibility index (Phi) is 9.89. The van der Waals surface area contributed by atoms with Crippen molar-refractivity contribution in [3.63, 3.8) is 0 Å². The van der Waals surface area contributed by atoms with Crippen molar-refractivity contribution in [1.82, 2.24) is 19.9 Å². The van der Waals surface area contributed by atoms with Crippen molar-refractivity contribution in [2.45, 2.75) is 45.4 Å². The predicted molar refractivity (Wildman–Crippen MR) is 147 cm³/mol. The van der Waals surface area contributed by atoms with E-state index in [4.69, 9.17) is 35.8 Å². The number of nitrogens with one attached hydrogen (secondary N) is 1. The minimum atomic E-state index is -0.618. The van der Waals surface area contributed by atoms with Crippen LogP contribution in [0.3, 0.4) is 0 Å². The molecule has 1 fully saturated rings. The van der Waals surface area contributed by atoms with Gasteiger partial charge in [-0.1, -0.05) is 25.4 Å². The van der Waals surface area contributed by atoms with Crippen molar-refractivity contribution >= 4 is 23.5 Å². The molecule has 3 heterocycles. The lowest BCUT2D eigenvalue weighted by atomic mass is 10.1. The fraction of sp³-hybridized carbons (Fsp3) is 0.429. The lowest BCUT2D eigenvalue weighted by molar-refractivity contribution is 0.0424. The van der Waals surface area contributed by atoms with Crippen molar-refractivity contribution < 1.29 is 23.4 Å². The zero-order valence-corrected chi connectivity index (χ0v) is 23.1. The van der Waals surface area contributed by atoms with Crippen LogP contribution in [0.15, 0.2) is 42.7 Å². The van der Waals surface area contributed by atoms with Crippen LogP contribution in [-0.4, -0.2) is 71.6 Å². The van der Waals surface area contributed by atoms with E-state index in [1.54, 1.807) is 42.6 Å². The number of carbonyl (C=O) groups excluding carboxylic acids is 1. The number of hydrogen-bond donors (Lipinski definition) is 1. The molecule has 0 radical (unpaired) electrons. The van der Waals surface area contributed by atoms with Gasteiger partial charge >= 0.3 is 6.09 Å². The number of pyridine rings is 1. The summed E-state index contributed by atoms with van der Waals surface area (Å²) in [7, 11) is 1.59. The smallest absolute Gasteiger partial charge is 0.410 e. The van der Waals surface area contributed by atoms with Crippen LogP contribution >= 0.6 is 11.6 Å². The number of rotatable bonds is 11. The Balaban J connectivity index is 1.55. The monoisotopic (exact) mass is 557 g/mol. The van der Waals surface area contributed by atoms with Crippen molar-refractivity contribution in [2.24, 2.45) is 0 Å². The summed E-state index contributed by atoms with van der Waals surface area (Å²) < 4.78 is 29.5. The van der Waals surface area contributed by atoms with Crippen LogP contribution in [0, 0.1) is 0 Å². The average Bonchev–Trinajstić information content (AvgIpc) is 3.37. The number of alkyl halides is 1. The molecule has 1 N–H and O–H groups in total. The molecule has 2 atom stereocenters. The number of amides is 1. The van der Waals surface area contributed by atoms with Gasteiger partial charge in [-0.15, -0.1) is 0 Å². The molecule has 2 aromatic heterocycles. The van der Waals surface area contributed by atoms with Gasteiger partial charge in [0.05, 0.1) is 54.5 Å². The molecule has 3 aromatic rings. The number of aryl methyl sites for hydroxylation is 2. The molecule has 0 aliphatic carbocycles. The number of likely N-dealkylation sites (tertiary alicyclic amines) is 1. The van der Waals surface area contributed by atoms with E-state index in [-0.39, 0.29) is 25.8 Å². The fourth-order valence-electron chi connectivity index (χ4n) is 4.46. The molecular weight excluding hydrogens is 525 g/mol. The molecule has 1 amide bonds. The maximum atomic E-state index is 13.0. The van der Waals surface area contributed by atoms with Gasteiger partial charge in [0.1, 0.15) is 24.8 Å². The second kappa shape index (κ2) is 13.5. The van der Waals surface area contributed by atoms with Gasteiger partial charge in [-0.2, -0.15) is 0 Å². The number of hydrogen-bond acceptors (Lipinski definition) is 8. The minimum Gasteiger partial charge on any atom is -0.497 e. The van der Waals surface area contributed by atoms with Gasteiger partial charge < -0.3 is 24.4 Å². The summed E-state index contributed by atoms with van der Waals surface area (Å²) in [5.41, 5.74) is 3.85. The molecule has 0 unspecified atom stereocenters. The lowest BCUT2D eigenvalue weighted by Gasteiger charge is -2.22. The number of halogens is 2. The number of methoxy groups -OCH3 is 1. The summed E-state index contributed by atoms with van der Waals surface area (Å²) in [5.74, 6) is 1.27. The van der Waals surface area contributed by atoms with Gasteiger partial charge in [0.25, 0.3) is 0 Å². The number of nitrogens with zero attached hydrogens (tertiary/aromatic N) is 4. The highest BCUT2D eigenvalue weighted by Gasteiger charge is 2.37. The molecule has 208 valence electrons. The molecule has 4 rings (SSSR count). The fourth-order valence-corrected chi connectivity index (χ4v) is 4.72. The molecule has 1 aliphatic heterocycles. The largest absolute Gasteiger partial charge is 0.497 e. The molecular formula is C28H33ClFN5O4. The third-order valence-electron chi connectivity index (χ3n) is 6.51. The lowest BCUT2D eigenvalue weighted by Crippen LogP contribution is -2.36. The summed E-state index contributed by atoms with van der Waals surface area (Å²) in [6.45, 7) is 4.02. The summed E-state index contributed by atoms with van der Waals surface area (Å²) in [4.78, 5) is 28.2. The molecule has 1 aromatic carbocycles. The highest BCUT2D eigenvalue weighted by molar-refractivity contribution is 6.33. The van der Waals surface area contributed by atoms with E-state index in [9.17, 15) is 9.18 Å². The zero-order valence-electron chi connectivity index (χ0n) is 22.3. The van der Waals surface area contributed by atoms with Crippen LogP contribution in [-0.2, 0) is 28.9 Å². The van der Waals surface area contributed by atoms with Crippen molar-refractivity contribution in [3.05, 3.63) is 64.7 Å². The Labute approximate surface area is 232 Å². The number of ether oxygens (including phenoxy) is 3. The first-order chi connectivity index (χ1) is 19.0. The Morgan fingerprint density at radius 2 is 1.90 bits per heavy atom. The Morgan fingerprint density at radius 1 is 1.13 bits per heavy atom. The maximum absolute atomic E-state index is 13.0. The Hall–Kier alpha value is -3.50. The van der Waals surface area contributed by atoms with Gasteiger partial charge in [-0.05, 0) is 48.7 Å². The highest BCUT2D eigenvalue weighted by atomic mass is 35.5. The second-order valence-electron chi connectivity index (χ2n) is 9.03. The molecule has 0 spiro atoms. The zero-order chi connectivity index (χ0) is 27.8. The van der Waals surface area contributed by atoms with Gasteiger partial charge in [0.15, 0.2) is 0 Å². The third-order valence-corrected chi connectivity index (χ3v) is 6.82. The summed E-state index contributed by atoms with van der Waals surface area (Å²) in [6, 6.07) is 8.72. The second-order valence-corrected chi connectivity index (χ2v) is 9.44. The Morgan fingerprint density at radius 3 is 2.56 bits per heavy atom. The van der Waals surface area contributed by atoms with Crippen LogP contribution in [0.4, 0.5) is 15.0 Å². The standard InChI is InChI=1S/C28H33ClFN5O4/c1-4-22-26(20-7-6-19(37-3)14-21(20)29)32-23(5-2)27(33-22)34-24-15-35(16-25(24)38-13-10-30)28(36)39-17-18-8-11-31-12-9-18/h6-9,11-12,14,24-25H,4-5,10,13,15-17H2,1-3H3,(H,33,34)/t24-,25+/m1/s1. The van der Waals surface area contributed by atoms with Crippen LogP contribution in [0.25, 0.3) is 11.3 Å². The van der Waals surface area contributed by atoms with Crippen molar-refractivity contribution in [2.75, 3.05) is 38.8 Å². The van der Waals surface area contributed by atoms with Crippen LogP contribution in [0.1, 0.15) is 30.8 Å². The van der Waals surface area contributed by atoms with Crippen molar-refractivity contribution in [3.8, 4) is 17.0 Å². The molecule has 39 heavy (non-hydrogen) atoms. The van der Waals surface area contributed by atoms with E-state index in [0.717, 1.165) is 22.5 Å². The topological polar surface area (TPSA) is 98.7 Å². The third kappa shape index (κ3) is 6.93. The quantitative estimate of drug-likeness (QED) is 0.347. The van der Waals surface area contributed by atoms with Gasteiger partial charge in [-0.3, -0.25) is 4.98 Å². The van der Waals surface area contributed by atoms with E-state index in [0.29, 0.717) is 41.7 Å². The summed E-state index contributed by atoms with van der Waals surface area (Å²) in [5, 5.41) is 3.96. The van der Waals surface area contributed by atoms with E-state index in [1.807, 2.05) is 26.0 Å². The summed E-state index contributed by atoms with van der Waals surface area (Å²) in [6.07, 6.45) is 3.62. The first kappa shape index (κ1) is 28.5. The molecule has 0 saturated carbocycles. The molecule has 0 bridgehead atoms. The van der Waals surface area contributed by atoms with E-state index in [1.165, 1.54) is 0 Å². The number of anilines is 1. The SMILES string of the molecule is CCc1nc(-c2ccc(OC)cc2Cl)c(CC)nc1N[C@@H]1CN(C(=O)OCc2ccncc2)C[C@@H]1OCCF. The van der Waals surface area contributed by atoms with Crippen LogP contribution < -0.4 is 10.1 Å². The number of aromatic nitrogens is 3. The molecule has 11 heteroatoms. The number of carbonyl (C=O) groups is 1. The maximum Gasteiger partial charge on any atom is 0.410 e. The molecule has 9 nitrogen and oxygen atoms in total. The Bertz CT molecular complexity index is 1270. The average molecular weight is 558 g/mol. The predicted octanol–water partition coefficient (Wildman–Crippen LogP) is 5.11. The van der Waals surface area contributed by atoms with E-state index >= 15 is 0 Å². The minimum absolute atomic E-state index is 0.0653. The van der Waals surface area contributed by atoms with Crippen LogP contribution in [0.5, 0.6) is 5.75 Å². The van der Waals surface area contributed by atoms with E-state index in [2.05, 4.69) is 10.3 Å². The molecule has 1 aliphatic rings. The van der Waals surface area contributed by atoms with Crippen molar-refractivity contribution in [1.29, 1.82) is 0 Å². The van der Waals surface area contributed by atoms with E-state index < -0.39 is 18.9 Å².